The number of halogens is 2. The van der Waals surface area contributed by atoms with Crippen LogP contribution in [0.15, 0.2) is 78.9 Å². The molecule has 0 spiro atoms. The molecule has 40 heavy (non-hydrogen) atoms. The minimum atomic E-state index is -3.90. The molecule has 0 aliphatic heterocycles. The Labute approximate surface area is 240 Å². The largest absolute Gasteiger partial charge is 0.352 e. The van der Waals surface area contributed by atoms with E-state index >= 15 is 0 Å². The number of anilines is 1. The quantitative estimate of drug-likeness (QED) is 0.345. The Morgan fingerprint density at radius 2 is 1.60 bits per heavy atom. The van der Waals surface area contributed by atoms with Crippen molar-refractivity contribution in [2.24, 2.45) is 0 Å². The van der Waals surface area contributed by atoms with E-state index in [1.807, 2.05) is 30.3 Å². The van der Waals surface area contributed by atoms with E-state index < -0.39 is 34.3 Å². The van der Waals surface area contributed by atoms with Gasteiger partial charge in [-0.3, -0.25) is 13.9 Å². The molecule has 1 atom stereocenters. The molecule has 1 aliphatic rings. The number of carbonyl (C=O) groups is 2. The normalized spacial score (nSPS) is 14.5. The summed E-state index contributed by atoms with van der Waals surface area (Å²) in [5.41, 5.74) is 1.29. The Balaban J connectivity index is 1.72. The van der Waals surface area contributed by atoms with Crippen molar-refractivity contribution in [3.63, 3.8) is 0 Å². The third-order valence-electron chi connectivity index (χ3n) is 7.06. The molecule has 2 amide bonds. The van der Waals surface area contributed by atoms with E-state index in [4.69, 9.17) is 11.6 Å². The van der Waals surface area contributed by atoms with Gasteiger partial charge in [0.05, 0.1) is 11.9 Å². The summed E-state index contributed by atoms with van der Waals surface area (Å²) in [5, 5.41) is 3.50. The minimum absolute atomic E-state index is 0.00206. The van der Waals surface area contributed by atoms with Crippen molar-refractivity contribution in [1.82, 2.24) is 10.2 Å². The second kappa shape index (κ2) is 13.3. The van der Waals surface area contributed by atoms with Crippen LogP contribution in [0.25, 0.3) is 0 Å². The Kier molecular flexibility index (Phi) is 9.81. The molecule has 3 aromatic rings. The van der Waals surface area contributed by atoms with Crippen molar-refractivity contribution in [2.45, 2.75) is 50.7 Å². The van der Waals surface area contributed by atoms with Crippen LogP contribution in [0, 0.1) is 5.82 Å². The molecule has 212 valence electrons. The molecule has 0 heterocycles. The zero-order valence-electron chi connectivity index (χ0n) is 22.3. The predicted octanol–water partition coefficient (Wildman–Crippen LogP) is 4.94. The van der Waals surface area contributed by atoms with Crippen molar-refractivity contribution in [1.29, 1.82) is 0 Å². The van der Waals surface area contributed by atoms with Gasteiger partial charge in [0.25, 0.3) is 0 Å². The molecule has 10 heteroatoms. The number of hydrogen-bond acceptors (Lipinski definition) is 4. The number of sulfonamides is 1. The predicted molar refractivity (Wildman–Crippen MR) is 155 cm³/mol. The maximum atomic E-state index is 14.8. The van der Waals surface area contributed by atoms with Crippen molar-refractivity contribution in [2.75, 3.05) is 17.1 Å². The molecule has 0 bridgehead atoms. The van der Waals surface area contributed by atoms with Crippen molar-refractivity contribution in [3.8, 4) is 0 Å². The minimum Gasteiger partial charge on any atom is -0.352 e. The molecule has 1 N–H and O–H groups in total. The lowest BCUT2D eigenvalue weighted by Gasteiger charge is -2.34. The van der Waals surface area contributed by atoms with E-state index in [1.54, 1.807) is 18.2 Å². The number of rotatable bonds is 11. The summed E-state index contributed by atoms with van der Waals surface area (Å²) in [7, 11) is -3.90. The van der Waals surface area contributed by atoms with Gasteiger partial charge in [0.15, 0.2) is 0 Å². The van der Waals surface area contributed by atoms with E-state index in [2.05, 4.69) is 5.32 Å². The SMILES string of the molecule is CS(=O)(=O)N(CC(=O)N(Cc1ccccc1F)[C@@H](Cc1ccccc1)C(=O)NC1CCCC1)c1ccc(Cl)cc1. The molecule has 4 rings (SSSR count). The second-order valence-electron chi connectivity index (χ2n) is 10.1. The fourth-order valence-corrected chi connectivity index (χ4v) is 5.93. The van der Waals surface area contributed by atoms with Crippen molar-refractivity contribution >= 4 is 39.1 Å². The lowest BCUT2D eigenvalue weighted by molar-refractivity contribution is -0.140. The highest BCUT2D eigenvalue weighted by atomic mass is 35.5. The van der Waals surface area contributed by atoms with Crippen LogP contribution in [0.3, 0.4) is 0 Å². The van der Waals surface area contributed by atoms with Crippen LogP contribution >= 0.6 is 11.6 Å². The third-order valence-corrected chi connectivity index (χ3v) is 8.46. The van der Waals surface area contributed by atoms with Crippen LogP contribution in [0.5, 0.6) is 0 Å². The summed E-state index contributed by atoms with van der Waals surface area (Å²) in [6.07, 6.45) is 4.91. The first-order valence-corrected chi connectivity index (χ1v) is 15.4. The van der Waals surface area contributed by atoms with E-state index in [1.165, 1.54) is 35.2 Å². The monoisotopic (exact) mass is 585 g/mol. The van der Waals surface area contributed by atoms with Gasteiger partial charge in [-0.15, -0.1) is 0 Å². The molecule has 0 aromatic heterocycles. The molecule has 1 saturated carbocycles. The van der Waals surface area contributed by atoms with Crippen LogP contribution in [-0.2, 0) is 32.6 Å². The van der Waals surface area contributed by atoms with Gasteiger partial charge in [0, 0.05) is 29.6 Å². The number of hydrogen-bond donors (Lipinski definition) is 1. The molecule has 0 saturated heterocycles. The maximum absolute atomic E-state index is 14.8. The fraction of sp³-hybridized carbons (Fsp3) is 0.333. The van der Waals surface area contributed by atoms with Crippen LogP contribution in [0.4, 0.5) is 10.1 Å². The maximum Gasteiger partial charge on any atom is 0.244 e. The zero-order chi connectivity index (χ0) is 28.7. The smallest absolute Gasteiger partial charge is 0.244 e. The average molecular weight is 586 g/mol. The van der Waals surface area contributed by atoms with Gasteiger partial charge in [-0.2, -0.15) is 0 Å². The van der Waals surface area contributed by atoms with E-state index in [0.717, 1.165) is 41.8 Å². The van der Waals surface area contributed by atoms with Crippen molar-refractivity contribution in [3.05, 3.63) is 101 Å². The second-order valence-corrected chi connectivity index (χ2v) is 12.4. The van der Waals surface area contributed by atoms with Crippen LogP contribution < -0.4 is 9.62 Å². The zero-order valence-corrected chi connectivity index (χ0v) is 23.9. The highest BCUT2D eigenvalue weighted by molar-refractivity contribution is 7.92. The van der Waals surface area contributed by atoms with Gasteiger partial charge in [-0.25, -0.2) is 12.8 Å². The molecule has 3 aromatic carbocycles. The average Bonchev–Trinajstić information content (AvgIpc) is 3.44. The van der Waals surface area contributed by atoms with Gasteiger partial charge in [-0.1, -0.05) is 73.0 Å². The van der Waals surface area contributed by atoms with E-state index in [0.29, 0.717) is 5.02 Å². The first kappa shape index (κ1) is 29.6. The highest BCUT2D eigenvalue weighted by Crippen LogP contribution is 2.23. The standard InChI is InChI=1S/C30H33ClFN3O4S/c1-40(38,39)35(26-17-15-24(31)16-18-26)21-29(36)34(20-23-11-5-8-14-27(23)32)28(19-22-9-3-2-4-10-22)30(37)33-25-12-6-7-13-25/h2-5,8-11,14-18,25,28H,6-7,12-13,19-21H2,1H3,(H,33,37)/t28-/m0/s1. The molecular weight excluding hydrogens is 553 g/mol. The van der Waals surface area contributed by atoms with Gasteiger partial charge in [0.1, 0.15) is 18.4 Å². The topological polar surface area (TPSA) is 86.8 Å². The summed E-state index contributed by atoms with van der Waals surface area (Å²) in [5.74, 6) is -1.50. The Morgan fingerprint density at radius 1 is 0.975 bits per heavy atom. The van der Waals surface area contributed by atoms with E-state index in [9.17, 15) is 22.4 Å². The molecule has 0 unspecified atom stereocenters. The van der Waals surface area contributed by atoms with Crippen LogP contribution in [0.2, 0.25) is 5.02 Å². The Bertz CT molecular complexity index is 1410. The van der Waals surface area contributed by atoms with Gasteiger partial charge < -0.3 is 10.2 Å². The number of amides is 2. The number of nitrogens with one attached hydrogen (secondary N) is 1. The lowest BCUT2D eigenvalue weighted by atomic mass is 10.0. The van der Waals surface area contributed by atoms with Gasteiger partial charge >= 0.3 is 0 Å². The summed E-state index contributed by atoms with van der Waals surface area (Å²) in [6.45, 7) is -0.782. The summed E-state index contributed by atoms with van der Waals surface area (Å²) in [4.78, 5) is 29.1. The number of nitrogens with zero attached hydrogens (tertiary/aromatic N) is 2. The summed E-state index contributed by atoms with van der Waals surface area (Å²) in [6, 6.07) is 20.4. The van der Waals surface area contributed by atoms with Crippen LogP contribution in [0.1, 0.15) is 36.8 Å². The summed E-state index contributed by atoms with van der Waals surface area (Å²) >= 11 is 5.99. The van der Waals surface area contributed by atoms with E-state index in [-0.39, 0.29) is 36.2 Å². The first-order chi connectivity index (χ1) is 19.1. The Hall–Kier alpha value is -3.43. The first-order valence-electron chi connectivity index (χ1n) is 13.2. The van der Waals surface area contributed by atoms with Crippen LogP contribution in [-0.4, -0.2) is 50.0 Å². The Morgan fingerprint density at radius 3 is 2.23 bits per heavy atom. The fourth-order valence-electron chi connectivity index (χ4n) is 4.95. The van der Waals surface area contributed by atoms with Crippen molar-refractivity contribution < 1.29 is 22.4 Å². The van der Waals surface area contributed by atoms with Gasteiger partial charge in [0.2, 0.25) is 21.8 Å². The summed E-state index contributed by atoms with van der Waals surface area (Å²) < 4.78 is 41.4. The third kappa shape index (κ3) is 7.82. The molecule has 1 fully saturated rings. The lowest BCUT2D eigenvalue weighted by Crippen LogP contribution is -2.54. The number of carbonyl (C=O) groups excluding carboxylic acids is 2. The molecule has 0 radical (unpaired) electrons. The number of benzene rings is 3. The molecule has 7 nitrogen and oxygen atoms in total. The van der Waals surface area contributed by atoms with Gasteiger partial charge in [-0.05, 0) is 48.7 Å². The highest BCUT2D eigenvalue weighted by Gasteiger charge is 2.34. The molecular formula is C30H33ClFN3O4S. The molecule has 1 aliphatic carbocycles.